The number of nitrogens with zero attached hydrogens (tertiary/aromatic N) is 5. The molecule has 0 saturated carbocycles. The van der Waals surface area contributed by atoms with Crippen LogP contribution < -0.4 is 0 Å². The normalized spacial score (nSPS) is 10.9. The summed E-state index contributed by atoms with van der Waals surface area (Å²) in [6, 6.07) is 11.5. The molecule has 7 heteroatoms. The van der Waals surface area contributed by atoms with E-state index in [9.17, 15) is 0 Å². The van der Waals surface area contributed by atoms with Gasteiger partial charge in [-0.1, -0.05) is 22.9 Å². The van der Waals surface area contributed by atoms with Crippen molar-refractivity contribution in [3.8, 4) is 22.8 Å². The second-order valence-corrected chi connectivity index (χ2v) is 5.29. The average Bonchev–Trinajstić information content (AvgIpc) is 3.26. The Hall–Kier alpha value is -3.35. The van der Waals surface area contributed by atoms with Crippen molar-refractivity contribution in [2.45, 2.75) is 13.3 Å². The van der Waals surface area contributed by atoms with Crippen LogP contribution in [0.5, 0.6) is 0 Å². The quantitative estimate of drug-likeness (QED) is 0.571. The molecule has 0 aliphatic rings. The van der Waals surface area contributed by atoms with E-state index in [1.165, 1.54) is 0 Å². The van der Waals surface area contributed by atoms with Crippen molar-refractivity contribution < 1.29 is 8.94 Å². The van der Waals surface area contributed by atoms with E-state index < -0.39 is 0 Å². The number of aryl methyl sites for hydroxylation is 1. The molecule has 4 rings (SSSR count). The zero-order chi connectivity index (χ0) is 16.4. The minimum atomic E-state index is 0.289. The summed E-state index contributed by atoms with van der Waals surface area (Å²) >= 11 is 0. The van der Waals surface area contributed by atoms with Crippen LogP contribution in [0.1, 0.15) is 17.3 Å². The zero-order valence-electron chi connectivity index (χ0n) is 12.9. The molecule has 7 nitrogen and oxygen atoms in total. The zero-order valence-corrected chi connectivity index (χ0v) is 12.9. The summed E-state index contributed by atoms with van der Waals surface area (Å²) in [6.45, 7) is 2.01. The van der Waals surface area contributed by atoms with Gasteiger partial charge in [-0.15, -0.1) is 10.2 Å². The van der Waals surface area contributed by atoms with E-state index >= 15 is 0 Å². The number of benzene rings is 1. The maximum Gasteiger partial charge on any atom is 0.247 e. The second kappa shape index (κ2) is 6.04. The Kier molecular flexibility index (Phi) is 3.59. The molecule has 0 spiro atoms. The molecule has 118 valence electrons. The number of aromatic nitrogens is 5. The molecule has 0 aliphatic carbocycles. The summed E-state index contributed by atoms with van der Waals surface area (Å²) < 4.78 is 10.9. The third-order valence-corrected chi connectivity index (χ3v) is 3.44. The first-order valence-corrected chi connectivity index (χ1v) is 7.40. The maximum atomic E-state index is 5.68. The second-order valence-electron chi connectivity index (χ2n) is 5.29. The first-order chi connectivity index (χ1) is 11.8. The van der Waals surface area contributed by atoms with Crippen LogP contribution in [-0.2, 0) is 6.42 Å². The van der Waals surface area contributed by atoms with Gasteiger partial charge in [-0.3, -0.25) is 4.98 Å². The molecule has 1 aromatic carbocycles. The van der Waals surface area contributed by atoms with Gasteiger partial charge in [0.1, 0.15) is 6.42 Å². The largest absolute Gasteiger partial charge is 0.420 e. The molecule has 24 heavy (non-hydrogen) atoms. The number of pyridine rings is 1. The first-order valence-electron chi connectivity index (χ1n) is 7.40. The van der Waals surface area contributed by atoms with Crippen molar-refractivity contribution >= 4 is 0 Å². The van der Waals surface area contributed by atoms with E-state index in [0.29, 0.717) is 23.5 Å². The van der Waals surface area contributed by atoms with Crippen molar-refractivity contribution in [2.75, 3.05) is 0 Å². The highest BCUT2D eigenvalue weighted by Gasteiger charge is 2.14. The highest BCUT2D eigenvalue weighted by atomic mass is 16.5. The number of rotatable bonds is 4. The van der Waals surface area contributed by atoms with E-state index in [1.807, 2.05) is 43.3 Å². The van der Waals surface area contributed by atoms with Crippen LogP contribution in [0.15, 0.2) is 57.7 Å². The third kappa shape index (κ3) is 2.91. The van der Waals surface area contributed by atoms with Crippen LogP contribution >= 0.6 is 0 Å². The standard InChI is InChI=1S/C17H13N5O2/c1-11-3-2-4-13(9-11)17-21-20-15(23-17)10-14-19-16(22-24-14)12-5-7-18-8-6-12/h2-9H,10H2,1H3. The molecule has 0 atom stereocenters. The molecular weight excluding hydrogens is 306 g/mol. The third-order valence-electron chi connectivity index (χ3n) is 3.44. The Bertz CT molecular complexity index is 962. The highest BCUT2D eigenvalue weighted by molar-refractivity contribution is 5.54. The molecular formula is C17H13N5O2. The van der Waals surface area contributed by atoms with Crippen LogP contribution in [-0.4, -0.2) is 25.3 Å². The van der Waals surface area contributed by atoms with Crippen LogP contribution in [0.3, 0.4) is 0 Å². The molecule has 0 radical (unpaired) electrons. The van der Waals surface area contributed by atoms with Gasteiger partial charge in [-0.25, -0.2) is 0 Å². The van der Waals surface area contributed by atoms with Gasteiger partial charge < -0.3 is 8.94 Å². The average molecular weight is 319 g/mol. The van der Waals surface area contributed by atoms with Gasteiger partial charge in [-0.2, -0.15) is 4.98 Å². The lowest BCUT2D eigenvalue weighted by Crippen LogP contribution is -1.89. The minimum absolute atomic E-state index is 0.289. The van der Waals surface area contributed by atoms with Crippen LogP contribution in [0, 0.1) is 6.92 Å². The maximum absolute atomic E-state index is 5.68. The SMILES string of the molecule is Cc1cccc(-c2nnc(Cc3nc(-c4ccncc4)no3)o2)c1. The van der Waals surface area contributed by atoms with Crippen molar-refractivity contribution in [2.24, 2.45) is 0 Å². The molecule has 0 unspecified atom stereocenters. The fourth-order valence-corrected chi connectivity index (χ4v) is 2.29. The Morgan fingerprint density at radius 2 is 1.83 bits per heavy atom. The van der Waals surface area contributed by atoms with E-state index in [4.69, 9.17) is 8.94 Å². The predicted octanol–water partition coefficient (Wildman–Crippen LogP) is 3.08. The number of hydrogen-bond acceptors (Lipinski definition) is 7. The van der Waals surface area contributed by atoms with Gasteiger partial charge in [-0.05, 0) is 31.2 Å². The molecule has 4 aromatic rings. The lowest BCUT2D eigenvalue weighted by molar-refractivity contribution is 0.374. The van der Waals surface area contributed by atoms with E-state index in [0.717, 1.165) is 16.7 Å². The molecule has 0 aliphatic heterocycles. The van der Waals surface area contributed by atoms with Crippen molar-refractivity contribution in [3.63, 3.8) is 0 Å². The van der Waals surface area contributed by atoms with Crippen LogP contribution in [0.25, 0.3) is 22.8 Å². The summed E-state index contributed by atoms with van der Waals surface area (Å²) in [4.78, 5) is 8.30. The van der Waals surface area contributed by atoms with Crippen LogP contribution in [0.2, 0.25) is 0 Å². The van der Waals surface area contributed by atoms with Crippen molar-refractivity contribution in [1.29, 1.82) is 0 Å². The van der Waals surface area contributed by atoms with Gasteiger partial charge in [0.05, 0.1) is 0 Å². The fraction of sp³-hybridized carbons (Fsp3) is 0.118. The summed E-state index contributed by atoms with van der Waals surface area (Å²) in [5, 5.41) is 12.1. The first kappa shape index (κ1) is 14.3. The summed E-state index contributed by atoms with van der Waals surface area (Å²) in [6.07, 6.45) is 3.64. The lowest BCUT2D eigenvalue weighted by atomic mass is 10.1. The van der Waals surface area contributed by atoms with Gasteiger partial charge in [0.2, 0.25) is 23.5 Å². The Morgan fingerprint density at radius 3 is 2.67 bits per heavy atom. The molecule has 0 saturated heterocycles. The minimum Gasteiger partial charge on any atom is -0.420 e. The molecule has 0 amide bonds. The van der Waals surface area contributed by atoms with Gasteiger partial charge in [0.15, 0.2) is 0 Å². The Balaban J connectivity index is 1.54. The van der Waals surface area contributed by atoms with Gasteiger partial charge >= 0.3 is 0 Å². The Labute approximate surface area is 137 Å². The lowest BCUT2D eigenvalue weighted by Gasteiger charge is -1.95. The highest BCUT2D eigenvalue weighted by Crippen LogP contribution is 2.20. The molecule has 0 N–H and O–H groups in total. The summed E-state index contributed by atoms with van der Waals surface area (Å²) in [7, 11) is 0. The van der Waals surface area contributed by atoms with E-state index in [-0.39, 0.29) is 6.42 Å². The Morgan fingerprint density at radius 1 is 0.958 bits per heavy atom. The van der Waals surface area contributed by atoms with Gasteiger partial charge in [0, 0.05) is 23.5 Å². The van der Waals surface area contributed by atoms with Crippen molar-refractivity contribution in [3.05, 3.63) is 66.1 Å². The molecule has 3 heterocycles. The summed E-state index contributed by atoms with van der Waals surface area (Å²) in [5.74, 6) is 1.83. The van der Waals surface area contributed by atoms with E-state index in [2.05, 4.69) is 25.3 Å². The number of hydrogen-bond donors (Lipinski definition) is 0. The van der Waals surface area contributed by atoms with E-state index in [1.54, 1.807) is 12.4 Å². The molecule has 3 aromatic heterocycles. The molecule has 0 fully saturated rings. The predicted molar refractivity (Wildman–Crippen MR) is 84.8 cm³/mol. The summed E-state index contributed by atoms with van der Waals surface area (Å²) in [5.41, 5.74) is 2.86. The fourth-order valence-electron chi connectivity index (χ4n) is 2.29. The topological polar surface area (TPSA) is 90.7 Å². The molecule has 0 bridgehead atoms. The van der Waals surface area contributed by atoms with Crippen molar-refractivity contribution in [1.82, 2.24) is 25.3 Å². The van der Waals surface area contributed by atoms with Crippen LogP contribution in [0.4, 0.5) is 0 Å². The van der Waals surface area contributed by atoms with Gasteiger partial charge in [0.25, 0.3) is 0 Å². The monoisotopic (exact) mass is 319 g/mol. The smallest absolute Gasteiger partial charge is 0.247 e.